The molecule has 3 aromatic rings. The van der Waals surface area contributed by atoms with E-state index in [1.807, 2.05) is 37.3 Å². The van der Waals surface area contributed by atoms with Crippen LogP contribution < -0.4 is 24.3 Å². The lowest BCUT2D eigenvalue weighted by Gasteiger charge is -2.15. The van der Waals surface area contributed by atoms with Gasteiger partial charge in [0, 0.05) is 35.6 Å². The standard InChI is InChI=1S/C24H26N2O5/c1-4-30-22-13-18(10-11-20(22)31-16-17-7-6-12-25-14-17)24(27)26-15-19-8-5-9-21(28-2)23(19)29-3/h5-14H,4,15-16H2,1-3H3,(H,26,27). The van der Waals surface area contributed by atoms with E-state index in [0.29, 0.717) is 48.3 Å². The summed E-state index contributed by atoms with van der Waals surface area (Å²) in [5.74, 6) is 2.06. The van der Waals surface area contributed by atoms with E-state index in [0.717, 1.165) is 11.1 Å². The molecule has 0 bridgehead atoms. The Kier molecular flexibility index (Phi) is 7.70. The number of rotatable bonds is 10. The number of ether oxygens (including phenoxy) is 4. The number of hydrogen-bond donors (Lipinski definition) is 1. The van der Waals surface area contributed by atoms with Crippen molar-refractivity contribution in [3.05, 3.63) is 77.6 Å². The van der Waals surface area contributed by atoms with Gasteiger partial charge >= 0.3 is 0 Å². The summed E-state index contributed by atoms with van der Waals surface area (Å²) in [6, 6.07) is 14.5. The normalized spacial score (nSPS) is 10.3. The molecular formula is C24H26N2O5. The largest absolute Gasteiger partial charge is 0.493 e. The maximum Gasteiger partial charge on any atom is 0.251 e. The summed E-state index contributed by atoms with van der Waals surface area (Å²) in [5.41, 5.74) is 2.23. The predicted molar refractivity (Wildman–Crippen MR) is 117 cm³/mol. The average molecular weight is 422 g/mol. The first-order valence-corrected chi connectivity index (χ1v) is 9.92. The van der Waals surface area contributed by atoms with E-state index in [9.17, 15) is 4.79 Å². The van der Waals surface area contributed by atoms with E-state index in [1.54, 1.807) is 44.8 Å². The van der Waals surface area contributed by atoms with Gasteiger partial charge in [-0.15, -0.1) is 0 Å². The van der Waals surface area contributed by atoms with Gasteiger partial charge in [-0.05, 0) is 37.3 Å². The van der Waals surface area contributed by atoms with Crippen LogP contribution in [0.5, 0.6) is 23.0 Å². The van der Waals surface area contributed by atoms with E-state index in [-0.39, 0.29) is 5.91 Å². The zero-order chi connectivity index (χ0) is 22.1. The molecule has 0 saturated carbocycles. The van der Waals surface area contributed by atoms with Gasteiger partial charge < -0.3 is 24.3 Å². The lowest BCUT2D eigenvalue weighted by Crippen LogP contribution is -2.23. The Bertz CT molecular complexity index is 1010. The molecule has 162 valence electrons. The molecule has 1 heterocycles. The number of carbonyl (C=O) groups excluding carboxylic acids is 1. The van der Waals surface area contributed by atoms with Crippen molar-refractivity contribution in [3.63, 3.8) is 0 Å². The maximum absolute atomic E-state index is 12.7. The Morgan fingerprint density at radius 2 is 1.84 bits per heavy atom. The van der Waals surface area contributed by atoms with Crippen LogP contribution in [0.25, 0.3) is 0 Å². The highest BCUT2D eigenvalue weighted by Crippen LogP contribution is 2.31. The molecule has 0 unspecified atom stereocenters. The third-order valence-electron chi connectivity index (χ3n) is 4.55. The Hall–Kier alpha value is -3.74. The second-order valence-electron chi connectivity index (χ2n) is 6.58. The number of carbonyl (C=O) groups is 1. The van der Waals surface area contributed by atoms with Crippen molar-refractivity contribution in [1.29, 1.82) is 0 Å². The van der Waals surface area contributed by atoms with E-state index in [4.69, 9.17) is 18.9 Å². The molecule has 31 heavy (non-hydrogen) atoms. The molecule has 0 aliphatic rings. The third-order valence-corrected chi connectivity index (χ3v) is 4.55. The van der Waals surface area contributed by atoms with Gasteiger partial charge in [0.1, 0.15) is 6.61 Å². The SMILES string of the molecule is CCOc1cc(C(=O)NCc2cccc(OC)c2OC)ccc1OCc1cccnc1. The molecule has 7 nitrogen and oxygen atoms in total. The van der Waals surface area contributed by atoms with Crippen molar-refractivity contribution in [2.75, 3.05) is 20.8 Å². The van der Waals surface area contributed by atoms with Crippen molar-refractivity contribution in [1.82, 2.24) is 10.3 Å². The molecule has 1 aromatic heterocycles. The van der Waals surface area contributed by atoms with Crippen molar-refractivity contribution >= 4 is 5.91 Å². The van der Waals surface area contributed by atoms with Crippen LogP contribution in [0.4, 0.5) is 0 Å². The fourth-order valence-corrected chi connectivity index (χ4v) is 3.05. The lowest BCUT2D eigenvalue weighted by molar-refractivity contribution is 0.0950. The van der Waals surface area contributed by atoms with Crippen LogP contribution in [0.3, 0.4) is 0 Å². The quantitative estimate of drug-likeness (QED) is 0.532. The minimum absolute atomic E-state index is 0.232. The van der Waals surface area contributed by atoms with Gasteiger partial charge in [0.25, 0.3) is 5.91 Å². The van der Waals surface area contributed by atoms with Crippen LogP contribution in [0.15, 0.2) is 60.9 Å². The number of methoxy groups -OCH3 is 2. The highest BCUT2D eigenvalue weighted by Gasteiger charge is 2.14. The topological polar surface area (TPSA) is 78.9 Å². The number of pyridine rings is 1. The van der Waals surface area contributed by atoms with Crippen LogP contribution in [0, 0.1) is 0 Å². The molecule has 0 spiro atoms. The van der Waals surface area contributed by atoms with E-state index in [2.05, 4.69) is 10.3 Å². The number of nitrogens with zero attached hydrogens (tertiary/aromatic N) is 1. The molecule has 0 aliphatic carbocycles. The average Bonchev–Trinajstić information content (AvgIpc) is 2.82. The second-order valence-corrected chi connectivity index (χ2v) is 6.58. The van der Waals surface area contributed by atoms with E-state index < -0.39 is 0 Å². The van der Waals surface area contributed by atoms with Gasteiger partial charge in [-0.3, -0.25) is 9.78 Å². The Balaban J connectivity index is 1.70. The van der Waals surface area contributed by atoms with Gasteiger partial charge in [0.05, 0.1) is 20.8 Å². The fraction of sp³-hybridized carbons (Fsp3) is 0.250. The zero-order valence-corrected chi connectivity index (χ0v) is 17.9. The van der Waals surface area contributed by atoms with Crippen LogP contribution in [-0.4, -0.2) is 31.7 Å². The first-order chi connectivity index (χ1) is 15.2. The van der Waals surface area contributed by atoms with Crippen molar-refractivity contribution in [2.45, 2.75) is 20.1 Å². The summed E-state index contributed by atoms with van der Waals surface area (Å²) in [4.78, 5) is 16.8. The van der Waals surface area contributed by atoms with Crippen molar-refractivity contribution in [2.24, 2.45) is 0 Å². The number of nitrogens with one attached hydrogen (secondary N) is 1. The number of amides is 1. The Labute approximate surface area is 181 Å². The summed E-state index contributed by atoms with van der Waals surface area (Å²) < 4.78 is 22.3. The molecule has 1 amide bonds. The Morgan fingerprint density at radius 1 is 0.968 bits per heavy atom. The molecule has 0 aliphatic heterocycles. The predicted octanol–water partition coefficient (Wildman–Crippen LogP) is 4.01. The number of para-hydroxylation sites is 1. The fourth-order valence-electron chi connectivity index (χ4n) is 3.05. The summed E-state index contributed by atoms with van der Waals surface area (Å²) in [5, 5.41) is 2.91. The molecule has 0 saturated heterocycles. The molecule has 2 aromatic carbocycles. The van der Waals surface area contributed by atoms with Crippen molar-refractivity contribution < 1.29 is 23.7 Å². The monoisotopic (exact) mass is 422 g/mol. The molecule has 0 fully saturated rings. The van der Waals surface area contributed by atoms with Crippen LogP contribution in [0.2, 0.25) is 0 Å². The summed E-state index contributed by atoms with van der Waals surface area (Å²) in [7, 11) is 3.15. The maximum atomic E-state index is 12.7. The third kappa shape index (κ3) is 5.66. The minimum atomic E-state index is -0.232. The van der Waals surface area contributed by atoms with Gasteiger partial charge in [-0.25, -0.2) is 0 Å². The van der Waals surface area contributed by atoms with Gasteiger partial charge in [0.2, 0.25) is 0 Å². The molecule has 0 atom stereocenters. The smallest absolute Gasteiger partial charge is 0.251 e. The van der Waals surface area contributed by atoms with Crippen LogP contribution in [0.1, 0.15) is 28.4 Å². The molecule has 3 rings (SSSR count). The molecular weight excluding hydrogens is 396 g/mol. The second kappa shape index (κ2) is 10.9. The minimum Gasteiger partial charge on any atom is -0.493 e. The van der Waals surface area contributed by atoms with Gasteiger partial charge in [-0.2, -0.15) is 0 Å². The van der Waals surface area contributed by atoms with E-state index in [1.165, 1.54) is 0 Å². The lowest BCUT2D eigenvalue weighted by atomic mass is 10.1. The summed E-state index contributed by atoms with van der Waals surface area (Å²) in [6.45, 7) is 2.99. The van der Waals surface area contributed by atoms with Crippen LogP contribution in [-0.2, 0) is 13.2 Å². The van der Waals surface area contributed by atoms with Crippen molar-refractivity contribution in [3.8, 4) is 23.0 Å². The highest BCUT2D eigenvalue weighted by molar-refractivity contribution is 5.94. The summed E-state index contributed by atoms with van der Waals surface area (Å²) >= 11 is 0. The van der Waals surface area contributed by atoms with Gasteiger partial charge in [-0.1, -0.05) is 18.2 Å². The first kappa shape index (κ1) is 22.0. The van der Waals surface area contributed by atoms with Crippen LogP contribution >= 0.6 is 0 Å². The molecule has 7 heteroatoms. The van der Waals surface area contributed by atoms with Gasteiger partial charge in [0.15, 0.2) is 23.0 Å². The first-order valence-electron chi connectivity index (χ1n) is 9.92. The zero-order valence-electron chi connectivity index (χ0n) is 17.9. The summed E-state index contributed by atoms with van der Waals surface area (Å²) in [6.07, 6.45) is 3.46. The number of hydrogen-bond acceptors (Lipinski definition) is 6. The molecule has 1 N–H and O–H groups in total. The highest BCUT2D eigenvalue weighted by atomic mass is 16.5. The Morgan fingerprint density at radius 3 is 2.55 bits per heavy atom. The number of benzene rings is 2. The number of aromatic nitrogens is 1. The van der Waals surface area contributed by atoms with E-state index >= 15 is 0 Å². The molecule has 0 radical (unpaired) electrons.